The van der Waals surface area contributed by atoms with Gasteiger partial charge >= 0.3 is 0 Å². The van der Waals surface area contributed by atoms with E-state index in [4.69, 9.17) is 0 Å². The zero-order chi connectivity index (χ0) is 11.5. The summed E-state index contributed by atoms with van der Waals surface area (Å²) < 4.78 is 0. The van der Waals surface area contributed by atoms with E-state index in [1.54, 1.807) is 9.80 Å². The molecule has 2 amide bonds. The summed E-state index contributed by atoms with van der Waals surface area (Å²) in [4.78, 5) is 27.3. The second-order valence-electron chi connectivity index (χ2n) is 4.40. The molecule has 1 unspecified atom stereocenters. The Morgan fingerprint density at radius 3 is 2.88 bits per heavy atom. The predicted molar refractivity (Wildman–Crippen MR) is 64.3 cm³/mol. The van der Waals surface area contributed by atoms with Crippen molar-refractivity contribution in [2.24, 2.45) is 0 Å². The molecule has 5 heteroatoms. The maximum absolute atomic E-state index is 12.1. The van der Waals surface area contributed by atoms with Gasteiger partial charge in [-0.15, -0.1) is 0 Å². The van der Waals surface area contributed by atoms with Crippen LogP contribution in [0.25, 0.3) is 0 Å². The van der Waals surface area contributed by atoms with E-state index in [-0.39, 0.29) is 24.4 Å². The molecule has 4 nitrogen and oxygen atoms in total. The van der Waals surface area contributed by atoms with Gasteiger partial charge in [0.25, 0.3) is 0 Å². The monoisotopic (exact) mass is 288 g/mol. The first-order valence-electron chi connectivity index (χ1n) is 5.88. The molecule has 0 spiro atoms. The Hall–Kier alpha value is -0.580. The fourth-order valence-electron chi connectivity index (χ4n) is 2.45. The van der Waals surface area contributed by atoms with E-state index in [1.807, 2.05) is 0 Å². The van der Waals surface area contributed by atoms with Crippen LogP contribution in [0.15, 0.2) is 0 Å². The minimum atomic E-state index is -0.148. The van der Waals surface area contributed by atoms with Crippen molar-refractivity contribution in [2.75, 3.05) is 25.0 Å². The van der Waals surface area contributed by atoms with E-state index in [0.717, 1.165) is 44.1 Å². The predicted octanol–water partition coefficient (Wildman–Crippen LogP) is 0.995. The van der Waals surface area contributed by atoms with Gasteiger partial charge in [0.1, 0.15) is 6.04 Å². The number of halogens is 1. The molecule has 90 valence electrons. The molecule has 16 heavy (non-hydrogen) atoms. The largest absolute Gasteiger partial charge is 0.332 e. The lowest BCUT2D eigenvalue weighted by Gasteiger charge is -2.36. The molecule has 2 aliphatic heterocycles. The number of fused-ring (bicyclic) bond motifs is 1. The van der Waals surface area contributed by atoms with Crippen LogP contribution in [0.3, 0.4) is 0 Å². The summed E-state index contributed by atoms with van der Waals surface area (Å²) in [6.45, 7) is 1.78. The van der Waals surface area contributed by atoms with Gasteiger partial charge in [0, 0.05) is 18.4 Å². The quantitative estimate of drug-likeness (QED) is 0.572. The van der Waals surface area contributed by atoms with Crippen molar-refractivity contribution in [3.8, 4) is 0 Å². The standard InChI is InChI=1S/C11H17BrN2O2/c12-5-1-2-6-13-8-10(15)14-7-3-4-9(14)11(13)16/h9H,1-8H2. The zero-order valence-corrected chi connectivity index (χ0v) is 10.9. The summed E-state index contributed by atoms with van der Waals surface area (Å²) in [5.41, 5.74) is 0. The molecule has 0 aromatic rings. The number of piperazine rings is 1. The topological polar surface area (TPSA) is 40.6 Å². The highest BCUT2D eigenvalue weighted by molar-refractivity contribution is 9.09. The Balaban J connectivity index is 1.94. The molecule has 1 atom stereocenters. The van der Waals surface area contributed by atoms with Crippen LogP contribution in [-0.2, 0) is 9.59 Å². The Labute approximate surface area is 104 Å². The molecular formula is C11H17BrN2O2. The molecule has 0 bridgehead atoms. The average molecular weight is 289 g/mol. The van der Waals surface area contributed by atoms with Crippen LogP contribution < -0.4 is 0 Å². The van der Waals surface area contributed by atoms with Crippen LogP contribution >= 0.6 is 15.9 Å². The molecular weight excluding hydrogens is 272 g/mol. The SMILES string of the molecule is O=C1C2CCCN2C(=O)CN1CCCCBr. The van der Waals surface area contributed by atoms with Gasteiger partial charge in [-0.05, 0) is 25.7 Å². The minimum Gasteiger partial charge on any atom is -0.332 e. The summed E-state index contributed by atoms with van der Waals surface area (Å²) in [5.74, 6) is 0.285. The molecule has 0 aliphatic carbocycles. The highest BCUT2D eigenvalue weighted by atomic mass is 79.9. The number of alkyl halides is 1. The average Bonchev–Trinajstić information content (AvgIpc) is 2.75. The van der Waals surface area contributed by atoms with E-state index >= 15 is 0 Å². The van der Waals surface area contributed by atoms with Crippen LogP contribution in [-0.4, -0.2) is 52.6 Å². The second-order valence-corrected chi connectivity index (χ2v) is 5.19. The van der Waals surface area contributed by atoms with Gasteiger partial charge < -0.3 is 9.80 Å². The Morgan fingerprint density at radius 2 is 2.12 bits per heavy atom. The molecule has 0 aromatic carbocycles. The highest BCUT2D eigenvalue weighted by Gasteiger charge is 2.41. The highest BCUT2D eigenvalue weighted by Crippen LogP contribution is 2.23. The first-order valence-corrected chi connectivity index (χ1v) is 7.00. The first kappa shape index (κ1) is 11.9. The van der Waals surface area contributed by atoms with Gasteiger partial charge in [-0.25, -0.2) is 0 Å². The number of carbonyl (C=O) groups is 2. The molecule has 2 heterocycles. The molecule has 2 saturated heterocycles. The summed E-state index contributed by atoms with van der Waals surface area (Å²) >= 11 is 3.37. The Morgan fingerprint density at radius 1 is 1.31 bits per heavy atom. The molecule has 2 fully saturated rings. The number of rotatable bonds is 4. The molecule has 2 aliphatic rings. The van der Waals surface area contributed by atoms with Gasteiger partial charge in [-0.3, -0.25) is 9.59 Å². The summed E-state index contributed by atoms with van der Waals surface area (Å²) in [6, 6.07) is -0.148. The zero-order valence-electron chi connectivity index (χ0n) is 9.32. The molecule has 0 aromatic heterocycles. The second kappa shape index (κ2) is 5.17. The van der Waals surface area contributed by atoms with Crippen molar-refractivity contribution < 1.29 is 9.59 Å². The number of amides is 2. The van der Waals surface area contributed by atoms with Crippen LogP contribution in [0.5, 0.6) is 0 Å². The first-order chi connectivity index (χ1) is 7.74. The number of carbonyl (C=O) groups excluding carboxylic acids is 2. The fourth-order valence-corrected chi connectivity index (χ4v) is 2.85. The van der Waals surface area contributed by atoms with Crippen LogP contribution in [0.2, 0.25) is 0 Å². The van der Waals surface area contributed by atoms with Gasteiger partial charge in [0.2, 0.25) is 11.8 Å². The number of hydrogen-bond acceptors (Lipinski definition) is 2. The molecule has 2 rings (SSSR count). The third-order valence-corrected chi connectivity index (χ3v) is 3.87. The van der Waals surface area contributed by atoms with Crippen LogP contribution in [0, 0.1) is 0 Å². The molecule has 0 saturated carbocycles. The van der Waals surface area contributed by atoms with Gasteiger partial charge in [0.15, 0.2) is 0 Å². The maximum Gasteiger partial charge on any atom is 0.245 e. The Bertz CT molecular complexity index is 296. The van der Waals surface area contributed by atoms with Crippen molar-refractivity contribution in [3.63, 3.8) is 0 Å². The minimum absolute atomic E-state index is 0.126. The number of hydrogen-bond donors (Lipinski definition) is 0. The van der Waals surface area contributed by atoms with E-state index in [1.165, 1.54) is 0 Å². The summed E-state index contributed by atoms with van der Waals surface area (Å²) in [7, 11) is 0. The fraction of sp³-hybridized carbons (Fsp3) is 0.818. The number of nitrogens with zero attached hydrogens (tertiary/aromatic N) is 2. The van der Waals surface area contributed by atoms with E-state index in [0.29, 0.717) is 0 Å². The lowest BCUT2D eigenvalue weighted by atomic mass is 10.1. The smallest absolute Gasteiger partial charge is 0.245 e. The van der Waals surface area contributed by atoms with Crippen LogP contribution in [0.4, 0.5) is 0 Å². The lowest BCUT2D eigenvalue weighted by Crippen LogP contribution is -2.57. The third kappa shape index (κ3) is 2.24. The summed E-state index contributed by atoms with van der Waals surface area (Å²) in [5, 5.41) is 0.957. The van der Waals surface area contributed by atoms with Gasteiger partial charge in [-0.1, -0.05) is 15.9 Å². The third-order valence-electron chi connectivity index (χ3n) is 3.31. The van der Waals surface area contributed by atoms with Gasteiger partial charge in [0.05, 0.1) is 6.54 Å². The molecule has 0 N–H and O–H groups in total. The van der Waals surface area contributed by atoms with Crippen molar-refractivity contribution >= 4 is 27.7 Å². The maximum atomic E-state index is 12.1. The van der Waals surface area contributed by atoms with E-state index in [2.05, 4.69) is 15.9 Å². The normalized spacial score (nSPS) is 25.2. The van der Waals surface area contributed by atoms with Crippen molar-refractivity contribution in [1.29, 1.82) is 0 Å². The van der Waals surface area contributed by atoms with Gasteiger partial charge in [-0.2, -0.15) is 0 Å². The van der Waals surface area contributed by atoms with Crippen molar-refractivity contribution in [1.82, 2.24) is 9.80 Å². The lowest BCUT2D eigenvalue weighted by molar-refractivity contribution is -0.153. The van der Waals surface area contributed by atoms with Crippen molar-refractivity contribution in [2.45, 2.75) is 31.7 Å². The van der Waals surface area contributed by atoms with E-state index < -0.39 is 0 Å². The molecule has 0 radical (unpaired) electrons. The summed E-state index contributed by atoms with van der Waals surface area (Å²) in [6.07, 6.45) is 3.83. The Kier molecular flexibility index (Phi) is 3.84. The van der Waals surface area contributed by atoms with E-state index in [9.17, 15) is 9.59 Å². The van der Waals surface area contributed by atoms with Crippen molar-refractivity contribution in [3.05, 3.63) is 0 Å². The number of unbranched alkanes of at least 4 members (excludes halogenated alkanes) is 1. The van der Waals surface area contributed by atoms with Crippen LogP contribution in [0.1, 0.15) is 25.7 Å².